The van der Waals surface area contributed by atoms with Crippen molar-refractivity contribution in [2.24, 2.45) is 11.1 Å². The number of halogens is 6. The van der Waals surface area contributed by atoms with E-state index < -0.39 is 53.6 Å². The number of nitrogens with two attached hydrogens (primary N) is 1. The Hall–Kier alpha value is -2.44. The third-order valence-electron chi connectivity index (χ3n) is 5.82. The summed E-state index contributed by atoms with van der Waals surface area (Å²) in [6.07, 6.45) is -9.68. The van der Waals surface area contributed by atoms with Gasteiger partial charge in [-0.3, -0.25) is 9.59 Å². The van der Waals surface area contributed by atoms with Gasteiger partial charge in [-0.25, -0.2) is 9.97 Å². The van der Waals surface area contributed by atoms with E-state index in [0.717, 1.165) is 11.3 Å². The standard InChI is InChI=1S/C20H25F6N5O2/c1-18(2)5-3-14(32)31(10-18)8-11(27)7-15(33)30-6-4-12-13(9-30)28-17(20(24,25)26)29-16(12)19(21,22)23/h11H,3-10,27H2,1-2H3/t11-/m0/s1. The molecule has 0 bridgehead atoms. The number of likely N-dealkylation sites (tertiary alicyclic amines) is 1. The number of hydrogen-bond donors (Lipinski definition) is 1. The maximum absolute atomic E-state index is 13.3. The summed E-state index contributed by atoms with van der Waals surface area (Å²) in [4.78, 5) is 33.5. The predicted octanol–water partition coefficient (Wildman–Crippen LogP) is 2.76. The highest BCUT2D eigenvalue weighted by Crippen LogP contribution is 2.37. The van der Waals surface area contributed by atoms with Crippen molar-refractivity contribution in [2.75, 3.05) is 19.6 Å². The van der Waals surface area contributed by atoms with E-state index in [1.807, 2.05) is 13.8 Å². The van der Waals surface area contributed by atoms with Gasteiger partial charge in [-0.15, -0.1) is 0 Å². The molecule has 1 fully saturated rings. The van der Waals surface area contributed by atoms with Crippen molar-refractivity contribution in [1.29, 1.82) is 0 Å². The van der Waals surface area contributed by atoms with Gasteiger partial charge in [0.2, 0.25) is 17.6 Å². The van der Waals surface area contributed by atoms with Gasteiger partial charge in [0.05, 0.1) is 12.2 Å². The Labute approximate surface area is 186 Å². The van der Waals surface area contributed by atoms with Crippen molar-refractivity contribution in [2.45, 2.75) is 64.5 Å². The van der Waals surface area contributed by atoms with Crippen molar-refractivity contribution < 1.29 is 35.9 Å². The van der Waals surface area contributed by atoms with Crippen LogP contribution in [-0.2, 0) is 34.9 Å². The van der Waals surface area contributed by atoms with E-state index in [9.17, 15) is 35.9 Å². The minimum absolute atomic E-state index is 0.0693. The van der Waals surface area contributed by atoms with Gasteiger partial charge in [0.1, 0.15) is 0 Å². The Kier molecular flexibility index (Phi) is 6.66. The van der Waals surface area contributed by atoms with Crippen LogP contribution in [-0.4, -0.2) is 57.3 Å². The van der Waals surface area contributed by atoms with Crippen LogP contribution in [0.15, 0.2) is 0 Å². The molecule has 3 heterocycles. The van der Waals surface area contributed by atoms with Crippen LogP contribution in [0.25, 0.3) is 0 Å². The zero-order chi connectivity index (χ0) is 24.8. The Morgan fingerprint density at radius 1 is 1.12 bits per heavy atom. The van der Waals surface area contributed by atoms with E-state index in [1.165, 1.54) is 0 Å². The Morgan fingerprint density at radius 3 is 2.39 bits per heavy atom. The third kappa shape index (κ3) is 5.92. The molecule has 1 aromatic rings. The monoisotopic (exact) mass is 481 g/mol. The van der Waals surface area contributed by atoms with Crippen LogP contribution in [0, 0.1) is 5.41 Å². The van der Waals surface area contributed by atoms with Crippen LogP contribution in [0.3, 0.4) is 0 Å². The van der Waals surface area contributed by atoms with E-state index in [4.69, 9.17) is 5.73 Å². The summed E-state index contributed by atoms with van der Waals surface area (Å²) >= 11 is 0. The molecule has 0 aromatic carbocycles. The Bertz CT molecular complexity index is 931. The number of alkyl halides is 6. The fraction of sp³-hybridized carbons (Fsp3) is 0.700. The van der Waals surface area contributed by atoms with Crippen LogP contribution in [0.1, 0.15) is 55.9 Å². The number of amides is 2. The molecular weight excluding hydrogens is 456 g/mol. The van der Waals surface area contributed by atoms with Crippen molar-refractivity contribution in [3.8, 4) is 0 Å². The van der Waals surface area contributed by atoms with Crippen LogP contribution < -0.4 is 5.73 Å². The average molecular weight is 481 g/mol. The second-order valence-electron chi connectivity index (χ2n) is 9.28. The van der Waals surface area contributed by atoms with Gasteiger partial charge >= 0.3 is 12.4 Å². The summed E-state index contributed by atoms with van der Waals surface area (Å²) in [5, 5.41) is 0. The molecule has 0 radical (unpaired) electrons. The summed E-state index contributed by atoms with van der Waals surface area (Å²) < 4.78 is 79.0. The smallest absolute Gasteiger partial charge is 0.341 e. The van der Waals surface area contributed by atoms with Crippen molar-refractivity contribution in [1.82, 2.24) is 19.8 Å². The lowest BCUT2D eigenvalue weighted by Gasteiger charge is -2.39. The Balaban J connectivity index is 1.72. The SMILES string of the molecule is CC1(C)CCC(=O)N(C[C@@H](N)CC(=O)N2CCc3c(nc(C(F)(F)F)nc3C(F)(F)F)C2)C1. The third-order valence-corrected chi connectivity index (χ3v) is 5.82. The zero-order valence-corrected chi connectivity index (χ0v) is 18.2. The van der Waals surface area contributed by atoms with E-state index >= 15 is 0 Å². The summed E-state index contributed by atoms with van der Waals surface area (Å²) in [5.41, 5.74) is 3.42. The van der Waals surface area contributed by atoms with Gasteiger partial charge in [0.15, 0.2) is 5.69 Å². The molecule has 2 aliphatic heterocycles. The maximum Gasteiger partial charge on any atom is 0.451 e. The molecule has 2 aliphatic rings. The first-order valence-electron chi connectivity index (χ1n) is 10.4. The number of nitrogens with zero attached hydrogens (tertiary/aromatic N) is 4. The molecular formula is C20H25F6N5O2. The summed E-state index contributed by atoms with van der Waals surface area (Å²) in [6.45, 7) is 4.01. The van der Waals surface area contributed by atoms with E-state index in [-0.39, 0.29) is 37.3 Å². The number of carbonyl (C=O) groups is 2. The molecule has 7 nitrogen and oxygen atoms in total. The van der Waals surface area contributed by atoms with Gasteiger partial charge < -0.3 is 15.5 Å². The van der Waals surface area contributed by atoms with E-state index in [0.29, 0.717) is 13.0 Å². The first kappa shape index (κ1) is 25.2. The van der Waals surface area contributed by atoms with E-state index in [2.05, 4.69) is 9.97 Å². The van der Waals surface area contributed by atoms with Crippen LogP contribution in [0.5, 0.6) is 0 Å². The maximum atomic E-state index is 13.3. The topological polar surface area (TPSA) is 92.4 Å². The first-order chi connectivity index (χ1) is 15.1. The van der Waals surface area contributed by atoms with Crippen LogP contribution in [0.2, 0.25) is 0 Å². The second kappa shape index (κ2) is 8.73. The van der Waals surface area contributed by atoms with Gasteiger partial charge in [0.25, 0.3) is 0 Å². The molecule has 1 aromatic heterocycles. The van der Waals surface area contributed by atoms with E-state index in [1.54, 1.807) is 4.90 Å². The quantitative estimate of drug-likeness (QED) is 0.668. The number of aromatic nitrogens is 2. The van der Waals surface area contributed by atoms with Crippen LogP contribution in [0.4, 0.5) is 26.3 Å². The highest BCUT2D eigenvalue weighted by Gasteiger charge is 2.44. The number of fused-ring (bicyclic) bond motifs is 1. The van der Waals surface area contributed by atoms with Crippen molar-refractivity contribution in [3.63, 3.8) is 0 Å². The van der Waals surface area contributed by atoms with Gasteiger partial charge in [-0.1, -0.05) is 13.8 Å². The highest BCUT2D eigenvalue weighted by atomic mass is 19.4. The molecule has 33 heavy (non-hydrogen) atoms. The molecule has 0 aliphatic carbocycles. The lowest BCUT2D eigenvalue weighted by molar-refractivity contribution is -0.153. The van der Waals surface area contributed by atoms with Gasteiger partial charge in [0, 0.05) is 44.1 Å². The second-order valence-corrected chi connectivity index (χ2v) is 9.28. The Morgan fingerprint density at radius 2 is 1.79 bits per heavy atom. The molecule has 0 spiro atoms. The largest absolute Gasteiger partial charge is 0.451 e. The summed E-state index contributed by atoms with van der Waals surface area (Å²) in [7, 11) is 0. The number of piperidine rings is 1. The number of carbonyl (C=O) groups excluding carboxylic acids is 2. The first-order valence-corrected chi connectivity index (χ1v) is 10.4. The summed E-state index contributed by atoms with van der Waals surface area (Å²) in [6, 6.07) is -0.724. The fourth-order valence-electron chi connectivity index (χ4n) is 4.16. The van der Waals surface area contributed by atoms with Gasteiger partial charge in [-0.2, -0.15) is 26.3 Å². The molecule has 2 N–H and O–H groups in total. The molecule has 3 rings (SSSR count). The minimum Gasteiger partial charge on any atom is -0.341 e. The zero-order valence-electron chi connectivity index (χ0n) is 18.2. The lowest BCUT2D eigenvalue weighted by atomic mass is 9.83. The summed E-state index contributed by atoms with van der Waals surface area (Å²) in [5.74, 6) is -2.50. The average Bonchev–Trinajstić information content (AvgIpc) is 2.67. The molecule has 184 valence electrons. The molecule has 1 atom stereocenters. The predicted molar refractivity (Wildman–Crippen MR) is 103 cm³/mol. The van der Waals surface area contributed by atoms with Crippen LogP contribution >= 0.6 is 0 Å². The molecule has 0 unspecified atom stereocenters. The highest BCUT2D eigenvalue weighted by molar-refractivity contribution is 5.78. The fourth-order valence-corrected chi connectivity index (χ4v) is 4.16. The number of rotatable bonds is 4. The number of hydrogen-bond acceptors (Lipinski definition) is 5. The van der Waals surface area contributed by atoms with Crippen molar-refractivity contribution >= 4 is 11.8 Å². The van der Waals surface area contributed by atoms with Gasteiger partial charge in [-0.05, 0) is 18.3 Å². The molecule has 13 heteroatoms. The normalized spacial score (nSPS) is 20.0. The molecule has 1 saturated heterocycles. The lowest BCUT2D eigenvalue weighted by Crippen LogP contribution is -2.50. The molecule has 0 saturated carbocycles. The minimum atomic E-state index is -5.17. The van der Waals surface area contributed by atoms with Crippen molar-refractivity contribution in [3.05, 3.63) is 22.8 Å². The molecule has 2 amide bonds.